The maximum Gasteiger partial charge on any atom is 0.202 e. The van der Waals surface area contributed by atoms with Crippen LogP contribution in [-0.4, -0.2) is 0 Å². The fourth-order valence-corrected chi connectivity index (χ4v) is 2.28. The van der Waals surface area contributed by atoms with Crippen molar-refractivity contribution in [3.8, 4) is 0 Å². The van der Waals surface area contributed by atoms with Crippen molar-refractivity contribution in [3.63, 3.8) is 0 Å². The first kappa shape index (κ1) is 12.0. The zero-order chi connectivity index (χ0) is 14.6. The van der Waals surface area contributed by atoms with Crippen LogP contribution < -0.4 is 32.6 Å². The topological polar surface area (TPSA) is 102 Å². The number of fused-ring (bicyclic) bond motifs is 2. The first-order valence-corrected chi connectivity index (χ1v) is 5.55. The van der Waals surface area contributed by atoms with Crippen LogP contribution in [0.3, 0.4) is 0 Å². The van der Waals surface area contributed by atoms with Crippen LogP contribution in [0.5, 0.6) is 0 Å². The second kappa shape index (κ2) is 3.74. The number of rotatable bonds is 0. The molecule has 3 aromatic carbocycles. The van der Waals surface area contributed by atoms with Crippen molar-refractivity contribution in [3.05, 3.63) is 85.6 Å². The lowest BCUT2D eigenvalue weighted by molar-refractivity contribution is 1.51. The summed E-state index contributed by atoms with van der Waals surface area (Å²) < 4.78 is 0. The maximum absolute atomic E-state index is 12.2. The van der Waals surface area contributed by atoms with Gasteiger partial charge in [0.15, 0.2) is 21.7 Å². The molecule has 0 aromatic heterocycles. The van der Waals surface area contributed by atoms with Crippen LogP contribution >= 0.6 is 0 Å². The maximum atomic E-state index is 12.2. The van der Waals surface area contributed by atoms with Gasteiger partial charge in [-0.05, 0) is 24.3 Å². The molecule has 0 unspecified atom stereocenters. The highest BCUT2D eigenvalue weighted by Crippen LogP contribution is 2.00. The van der Waals surface area contributed by atoms with Crippen molar-refractivity contribution in [2.45, 2.75) is 0 Å². The van der Waals surface area contributed by atoms with E-state index in [-0.39, 0.29) is 0 Å². The Morgan fingerprint density at radius 2 is 0.600 bits per heavy atom. The van der Waals surface area contributed by atoms with E-state index in [2.05, 4.69) is 0 Å². The Hall–Kier alpha value is -3.02. The summed E-state index contributed by atoms with van der Waals surface area (Å²) in [5.74, 6) is 0. The highest BCUT2D eigenvalue weighted by atomic mass is 16.2. The van der Waals surface area contributed by atoms with Gasteiger partial charge in [-0.25, -0.2) is 0 Å². The van der Waals surface area contributed by atoms with E-state index in [4.69, 9.17) is 0 Å². The SMILES string of the molecule is O=c1ccc(=O)c2c(=O)c3c(=O)ccc(=O)c3c(=O)c12. The summed E-state index contributed by atoms with van der Waals surface area (Å²) in [7, 11) is 0. The van der Waals surface area contributed by atoms with Crippen molar-refractivity contribution in [2.75, 3.05) is 0 Å². The molecule has 96 valence electrons. The fraction of sp³-hybridized carbons (Fsp3) is 0. The highest BCUT2D eigenvalue weighted by Gasteiger charge is 2.18. The van der Waals surface area contributed by atoms with Gasteiger partial charge in [0.05, 0.1) is 21.5 Å². The van der Waals surface area contributed by atoms with Gasteiger partial charge in [0, 0.05) is 0 Å². The molecule has 0 atom stereocenters. The molecule has 0 amide bonds. The summed E-state index contributed by atoms with van der Waals surface area (Å²) in [4.78, 5) is 71.1. The smallest absolute Gasteiger partial charge is 0.202 e. The van der Waals surface area contributed by atoms with Gasteiger partial charge in [-0.3, -0.25) is 28.8 Å². The van der Waals surface area contributed by atoms with Crippen molar-refractivity contribution in [2.24, 2.45) is 0 Å². The summed E-state index contributed by atoms with van der Waals surface area (Å²) >= 11 is 0. The third-order valence-electron chi connectivity index (χ3n) is 3.17. The Morgan fingerprint density at radius 1 is 0.400 bits per heavy atom. The summed E-state index contributed by atoms with van der Waals surface area (Å²) in [6.45, 7) is 0. The van der Waals surface area contributed by atoms with Crippen LogP contribution in [0.15, 0.2) is 53.0 Å². The minimum absolute atomic E-state index is 0.627. The molecule has 0 heterocycles. The first-order valence-electron chi connectivity index (χ1n) is 5.55. The molecule has 0 saturated carbocycles. The van der Waals surface area contributed by atoms with E-state index in [0.717, 1.165) is 24.3 Å². The lowest BCUT2D eigenvalue weighted by atomic mass is 10.0. The molecule has 0 spiro atoms. The second-order valence-electron chi connectivity index (χ2n) is 4.28. The van der Waals surface area contributed by atoms with Gasteiger partial charge in [0.25, 0.3) is 0 Å². The van der Waals surface area contributed by atoms with Crippen LogP contribution in [0.25, 0.3) is 21.5 Å². The normalized spacial score (nSPS) is 11.2. The Morgan fingerprint density at radius 3 is 0.800 bits per heavy atom. The van der Waals surface area contributed by atoms with Crippen molar-refractivity contribution >= 4 is 21.5 Å². The summed E-state index contributed by atoms with van der Waals surface area (Å²) in [5, 5.41) is -2.51. The second-order valence-corrected chi connectivity index (χ2v) is 4.28. The number of benzene rings is 3. The average Bonchev–Trinajstić information content (AvgIpc) is 2.41. The molecule has 0 fully saturated rings. The van der Waals surface area contributed by atoms with E-state index in [1.807, 2.05) is 0 Å². The predicted octanol–water partition coefficient (Wildman–Crippen LogP) is -1.53. The molecule has 0 aliphatic carbocycles. The standard InChI is InChI=1S/C14H4O6/c15-5-1-2-6(16)10-9(5)13(19)11-7(17)3-4-8(18)12(11)14(10)20/h1-4H. The molecule has 0 saturated heterocycles. The van der Waals surface area contributed by atoms with Crippen LogP contribution in [0.1, 0.15) is 0 Å². The van der Waals surface area contributed by atoms with Crippen molar-refractivity contribution in [1.82, 2.24) is 0 Å². The minimum atomic E-state index is -1.04. The molecule has 0 aliphatic rings. The van der Waals surface area contributed by atoms with Gasteiger partial charge in [0.2, 0.25) is 10.9 Å². The lowest BCUT2D eigenvalue weighted by Gasteiger charge is -1.97. The molecule has 3 aromatic rings. The van der Waals surface area contributed by atoms with Gasteiger partial charge >= 0.3 is 0 Å². The van der Waals surface area contributed by atoms with Crippen LogP contribution in [0.2, 0.25) is 0 Å². The summed E-state index contributed by atoms with van der Waals surface area (Å²) in [6.07, 6.45) is 0. The van der Waals surface area contributed by atoms with Crippen molar-refractivity contribution in [1.29, 1.82) is 0 Å². The molecule has 6 nitrogen and oxygen atoms in total. The largest absolute Gasteiger partial charge is 0.289 e. The molecular formula is C14H4O6. The molecule has 20 heavy (non-hydrogen) atoms. The third-order valence-corrected chi connectivity index (χ3v) is 3.17. The molecular weight excluding hydrogens is 264 g/mol. The van der Waals surface area contributed by atoms with E-state index >= 15 is 0 Å². The molecule has 0 N–H and O–H groups in total. The number of hydrogen-bond donors (Lipinski definition) is 0. The van der Waals surface area contributed by atoms with Crippen molar-refractivity contribution < 1.29 is 0 Å². The average molecular weight is 268 g/mol. The monoisotopic (exact) mass is 268 g/mol. The molecule has 0 aliphatic heterocycles. The molecule has 0 bridgehead atoms. The van der Waals surface area contributed by atoms with Gasteiger partial charge in [-0.15, -0.1) is 0 Å². The minimum Gasteiger partial charge on any atom is -0.289 e. The third kappa shape index (κ3) is 1.33. The first-order chi connectivity index (χ1) is 9.43. The van der Waals surface area contributed by atoms with Gasteiger partial charge in [-0.2, -0.15) is 0 Å². The van der Waals surface area contributed by atoms with Crippen LogP contribution in [0, 0.1) is 0 Å². The van der Waals surface area contributed by atoms with Gasteiger partial charge in [0.1, 0.15) is 0 Å². The Labute approximate surface area is 108 Å². The Bertz CT molecular complexity index is 1010. The van der Waals surface area contributed by atoms with Gasteiger partial charge in [-0.1, -0.05) is 0 Å². The van der Waals surface area contributed by atoms with Crippen LogP contribution in [0.4, 0.5) is 0 Å². The zero-order valence-corrected chi connectivity index (χ0v) is 9.76. The Balaban J connectivity index is 3.04. The molecule has 0 radical (unpaired) electrons. The summed E-state index contributed by atoms with van der Waals surface area (Å²) in [6, 6.07) is 3.46. The number of hydrogen-bond acceptors (Lipinski definition) is 6. The van der Waals surface area contributed by atoms with E-state index in [1.165, 1.54) is 0 Å². The molecule has 6 heteroatoms. The van der Waals surface area contributed by atoms with Crippen LogP contribution in [-0.2, 0) is 0 Å². The lowest BCUT2D eigenvalue weighted by Crippen LogP contribution is -2.31. The van der Waals surface area contributed by atoms with E-state index < -0.39 is 54.1 Å². The zero-order valence-electron chi connectivity index (χ0n) is 9.76. The van der Waals surface area contributed by atoms with E-state index in [9.17, 15) is 28.8 Å². The fourth-order valence-electron chi connectivity index (χ4n) is 2.28. The van der Waals surface area contributed by atoms with E-state index in [1.54, 1.807) is 0 Å². The van der Waals surface area contributed by atoms with Gasteiger partial charge < -0.3 is 0 Å². The van der Waals surface area contributed by atoms with E-state index in [0.29, 0.717) is 0 Å². The highest BCUT2D eigenvalue weighted by molar-refractivity contribution is 5.97. The molecule has 3 rings (SSSR count). The Kier molecular flexibility index (Phi) is 2.25. The summed E-state index contributed by atoms with van der Waals surface area (Å²) in [5.41, 5.74) is -5.36. The predicted molar refractivity (Wildman–Crippen MR) is 72.6 cm³/mol. The quantitative estimate of drug-likeness (QED) is 0.458.